The summed E-state index contributed by atoms with van der Waals surface area (Å²) in [5.74, 6) is -1.85. The summed E-state index contributed by atoms with van der Waals surface area (Å²) in [6.07, 6.45) is 0.287. The molecule has 1 heterocycles. The van der Waals surface area contributed by atoms with E-state index in [1.165, 1.54) is 12.1 Å². The lowest BCUT2D eigenvalue weighted by atomic mass is 10.1. The van der Waals surface area contributed by atoms with Crippen LogP contribution in [0.5, 0.6) is 0 Å². The van der Waals surface area contributed by atoms with Crippen LogP contribution in [0.1, 0.15) is 11.1 Å². The molecule has 6 heteroatoms. The molecule has 0 radical (unpaired) electrons. The fourth-order valence-electron chi connectivity index (χ4n) is 2.26. The minimum absolute atomic E-state index is 0.0885. The Bertz CT molecular complexity index is 734. The Morgan fingerprint density at radius 2 is 2.10 bits per heavy atom. The van der Waals surface area contributed by atoms with Gasteiger partial charge in [-0.1, -0.05) is 23.7 Å². The number of hydrogen-bond acceptors (Lipinski definition) is 2. The molecule has 2 aromatic rings. The molecule has 0 bridgehead atoms. The highest BCUT2D eigenvalue weighted by atomic mass is 35.5. The minimum Gasteiger partial charge on any atom is -0.380 e. The minimum atomic E-state index is -0.885. The zero-order valence-electron chi connectivity index (χ0n) is 10.8. The third-order valence-corrected chi connectivity index (χ3v) is 3.63. The number of carbonyl (C=O) groups excluding carboxylic acids is 1. The molecule has 3 nitrogen and oxygen atoms in total. The molecule has 0 unspecified atom stereocenters. The molecule has 1 aliphatic rings. The van der Waals surface area contributed by atoms with Crippen LogP contribution in [0, 0.1) is 11.6 Å². The molecular weight excluding hydrogens is 298 g/mol. The van der Waals surface area contributed by atoms with Crippen molar-refractivity contribution >= 4 is 28.9 Å². The number of carbonyl (C=O) groups is 1. The Morgan fingerprint density at radius 1 is 1.29 bits per heavy atom. The quantitative estimate of drug-likeness (QED) is 0.907. The average Bonchev–Trinajstić information content (AvgIpc) is 2.79. The first-order valence-electron chi connectivity index (χ1n) is 6.33. The topological polar surface area (TPSA) is 41.1 Å². The molecule has 0 aliphatic carbocycles. The molecule has 21 heavy (non-hydrogen) atoms. The van der Waals surface area contributed by atoms with Gasteiger partial charge in [-0.2, -0.15) is 0 Å². The first-order valence-corrected chi connectivity index (χ1v) is 6.71. The van der Waals surface area contributed by atoms with E-state index in [9.17, 15) is 13.6 Å². The first-order chi connectivity index (χ1) is 10.0. The Labute approximate surface area is 124 Å². The molecule has 0 atom stereocenters. The van der Waals surface area contributed by atoms with Crippen LogP contribution < -0.4 is 10.6 Å². The van der Waals surface area contributed by atoms with E-state index in [2.05, 4.69) is 10.6 Å². The SMILES string of the molecule is O=C1Cc2cc(NCc3cccc(F)c3F)c(Cl)cc2N1. The van der Waals surface area contributed by atoms with Crippen LogP contribution in [0.2, 0.25) is 5.02 Å². The van der Waals surface area contributed by atoms with Gasteiger partial charge in [0, 0.05) is 17.8 Å². The molecule has 2 aromatic carbocycles. The molecule has 0 aromatic heterocycles. The van der Waals surface area contributed by atoms with Crippen LogP contribution in [0.15, 0.2) is 30.3 Å². The summed E-state index contributed by atoms with van der Waals surface area (Å²) >= 11 is 6.11. The highest BCUT2D eigenvalue weighted by Gasteiger charge is 2.19. The van der Waals surface area contributed by atoms with E-state index in [0.29, 0.717) is 16.4 Å². The molecule has 108 valence electrons. The second-order valence-electron chi connectivity index (χ2n) is 4.78. The molecule has 3 rings (SSSR count). The van der Waals surface area contributed by atoms with Gasteiger partial charge >= 0.3 is 0 Å². The zero-order chi connectivity index (χ0) is 15.0. The number of hydrogen-bond donors (Lipinski definition) is 2. The van der Waals surface area contributed by atoms with Gasteiger partial charge in [-0.15, -0.1) is 0 Å². The molecule has 0 spiro atoms. The molecule has 2 N–H and O–H groups in total. The van der Waals surface area contributed by atoms with Crippen LogP contribution in [-0.2, 0) is 17.8 Å². The van der Waals surface area contributed by atoms with E-state index in [1.54, 1.807) is 12.1 Å². The van der Waals surface area contributed by atoms with E-state index in [4.69, 9.17) is 11.6 Å². The van der Waals surface area contributed by atoms with Gasteiger partial charge in [0.1, 0.15) is 0 Å². The summed E-state index contributed by atoms with van der Waals surface area (Å²) in [5, 5.41) is 6.07. The standard InChI is InChI=1S/C15H11ClF2N2O/c16-10-6-12-9(5-14(21)20-12)4-13(10)19-7-8-2-1-3-11(17)15(8)18/h1-4,6,19H,5,7H2,(H,20,21). The molecular formula is C15H11ClF2N2O. The summed E-state index contributed by atoms with van der Waals surface area (Å²) in [6.45, 7) is 0.101. The van der Waals surface area contributed by atoms with Gasteiger partial charge in [0.2, 0.25) is 5.91 Å². The van der Waals surface area contributed by atoms with E-state index in [0.717, 1.165) is 11.6 Å². The normalized spacial score (nSPS) is 13.0. The van der Waals surface area contributed by atoms with Crippen molar-refractivity contribution in [3.63, 3.8) is 0 Å². The van der Waals surface area contributed by atoms with Gasteiger partial charge in [0.05, 0.1) is 17.1 Å². The molecule has 0 saturated carbocycles. The van der Waals surface area contributed by atoms with Crippen LogP contribution >= 0.6 is 11.6 Å². The van der Waals surface area contributed by atoms with Gasteiger partial charge in [0.25, 0.3) is 0 Å². The predicted molar refractivity (Wildman–Crippen MR) is 77.5 cm³/mol. The number of halogens is 3. The summed E-state index contributed by atoms with van der Waals surface area (Å²) < 4.78 is 26.7. The van der Waals surface area contributed by atoms with Crippen molar-refractivity contribution in [3.8, 4) is 0 Å². The lowest BCUT2D eigenvalue weighted by Gasteiger charge is -2.11. The fraction of sp³-hybridized carbons (Fsp3) is 0.133. The Kier molecular flexibility index (Phi) is 3.51. The fourth-order valence-corrected chi connectivity index (χ4v) is 2.49. The van der Waals surface area contributed by atoms with Gasteiger partial charge in [-0.25, -0.2) is 8.78 Å². The summed E-state index contributed by atoms with van der Waals surface area (Å²) in [7, 11) is 0. The number of nitrogens with one attached hydrogen (secondary N) is 2. The Balaban J connectivity index is 1.81. The highest BCUT2D eigenvalue weighted by molar-refractivity contribution is 6.33. The second kappa shape index (κ2) is 5.33. The van der Waals surface area contributed by atoms with Crippen LogP contribution in [0.4, 0.5) is 20.2 Å². The molecule has 0 fully saturated rings. The van der Waals surface area contributed by atoms with E-state index < -0.39 is 11.6 Å². The van der Waals surface area contributed by atoms with E-state index in [1.807, 2.05) is 0 Å². The third kappa shape index (κ3) is 2.69. The van der Waals surface area contributed by atoms with Gasteiger partial charge in [-0.3, -0.25) is 4.79 Å². The van der Waals surface area contributed by atoms with Crippen molar-refractivity contribution < 1.29 is 13.6 Å². The maximum absolute atomic E-state index is 13.6. The van der Waals surface area contributed by atoms with Crippen molar-refractivity contribution in [2.24, 2.45) is 0 Å². The Morgan fingerprint density at radius 3 is 2.90 bits per heavy atom. The van der Waals surface area contributed by atoms with E-state index in [-0.39, 0.29) is 24.4 Å². The first kappa shape index (κ1) is 13.8. The van der Waals surface area contributed by atoms with Crippen molar-refractivity contribution in [3.05, 3.63) is 58.1 Å². The molecule has 0 saturated heterocycles. The Hall–Kier alpha value is -2.14. The predicted octanol–water partition coefficient (Wildman–Crippen LogP) is 3.72. The van der Waals surface area contributed by atoms with Crippen molar-refractivity contribution in [2.45, 2.75) is 13.0 Å². The van der Waals surface area contributed by atoms with Crippen LogP contribution in [0.25, 0.3) is 0 Å². The number of anilines is 2. The summed E-state index contributed by atoms with van der Waals surface area (Å²) in [6, 6.07) is 7.40. The lowest BCUT2D eigenvalue weighted by molar-refractivity contribution is -0.115. The smallest absolute Gasteiger partial charge is 0.228 e. The van der Waals surface area contributed by atoms with Gasteiger partial charge < -0.3 is 10.6 Å². The van der Waals surface area contributed by atoms with E-state index >= 15 is 0 Å². The van der Waals surface area contributed by atoms with Gasteiger partial charge in [0.15, 0.2) is 11.6 Å². The average molecular weight is 309 g/mol. The second-order valence-corrected chi connectivity index (χ2v) is 5.19. The molecule has 1 aliphatic heterocycles. The van der Waals surface area contributed by atoms with Crippen molar-refractivity contribution in [2.75, 3.05) is 10.6 Å². The number of rotatable bonds is 3. The third-order valence-electron chi connectivity index (χ3n) is 3.32. The van der Waals surface area contributed by atoms with Crippen molar-refractivity contribution in [1.29, 1.82) is 0 Å². The number of fused-ring (bicyclic) bond motifs is 1. The maximum atomic E-state index is 13.6. The zero-order valence-corrected chi connectivity index (χ0v) is 11.6. The maximum Gasteiger partial charge on any atom is 0.228 e. The number of amides is 1. The van der Waals surface area contributed by atoms with Crippen LogP contribution in [0.3, 0.4) is 0 Å². The summed E-state index contributed by atoms with van der Waals surface area (Å²) in [4.78, 5) is 11.3. The number of benzene rings is 2. The summed E-state index contributed by atoms with van der Waals surface area (Å²) in [5.41, 5.74) is 2.30. The van der Waals surface area contributed by atoms with Crippen molar-refractivity contribution in [1.82, 2.24) is 0 Å². The highest BCUT2D eigenvalue weighted by Crippen LogP contribution is 2.33. The molecule has 1 amide bonds. The van der Waals surface area contributed by atoms with Gasteiger partial charge in [-0.05, 0) is 23.8 Å². The largest absolute Gasteiger partial charge is 0.380 e. The van der Waals surface area contributed by atoms with Crippen LogP contribution in [-0.4, -0.2) is 5.91 Å². The monoisotopic (exact) mass is 308 g/mol. The lowest BCUT2D eigenvalue weighted by Crippen LogP contribution is -2.04.